The van der Waals surface area contributed by atoms with Gasteiger partial charge in [-0.3, -0.25) is 4.79 Å². The standard InChI is InChI=1S/C26H26N4O2/c31-26(23-8-10-24(11-9-23)30-17-16-28-20-30)29-15-14-27-18-21-6-12-25(13-7-21)32-19-22-4-2-1-3-5-22/h1-13,16-17,20,27H,14-15,18-19H2,(H,29,31). The summed E-state index contributed by atoms with van der Waals surface area (Å²) in [6.45, 7) is 2.53. The quantitative estimate of drug-likeness (QED) is 0.377. The molecule has 0 saturated carbocycles. The van der Waals surface area contributed by atoms with Crippen LogP contribution in [0.25, 0.3) is 5.69 Å². The first-order valence-electron chi connectivity index (χ1n) is 10.6. The molecule has 1 aromatic heterocycles. The lowest BCUT2D eigenvalue weighted by molar-refractivity contribution is 0.0954. The lowest BCUT2D eigenvalue weighted by Crippen LogP contribution is -2.31. The third kappa shape index (κ3) is 6.06. The van der Waals surface area contributed by atoms with Crippen LogP contribution in [0.1, 0.15) is 21.5 Å². The van der Waals surface area contributed by atoms with E-state index in [1.165, 1.54) is 5.56 Å². The fourth-order valence-electron chi connectivity index (χ4n) is 3.24. The third-order valence-electron chi connectivity index (χ3n) is 5.02. The Morgan fingerprint density at radius 1 is 0.875 bits per heavy atom. The van der Waals surface area contributed by atoms with Crippen LogP contribution in [0.3, 0.4) is 0 Å². The molecule has 1 amide bonds. The van der Waals surface area contributed by atoms with Gasteiger partial charge in [0.1, 0.15) is 12.4 Å². The molecule has 4 rings (SSSR count). The van der Waals surface area contributed by atoms with Gasteiger partial charge in [0.2, 0.25) is 0 Å². The zero-order valence-corrected chi connectivity index (χ0v) is 17.8. The number of rotatable bonds is 10. The fourth-order valence-corrected chi connectivity index (χ4v) is 3.24. The molecular formula is C26H26N4O2. The number of hydrogen-bond donors (Lipinski definition) is 2. The summed E-state index contributed by atoms with van der Waals surface area (Å²) in [6, 6.07) is 25.6. The maximum Gasteiger partial charge on any atom is 0.251 e. The second kappa shape index (κ2) is 10.9. The van der Waals surface area contributed by atoms with E-state index in [2.05, 4.69) is 15.6 Å². The molecule has 0 aliphatic carbocycles. The van der Waals surface area contributed by atoms with E-state index in [9.17, 15) is 4.79 Å². The van der Waals surface area contributed by atoms with E-state index < -0.39 is 0 Å². The maximum absolute atomic E-state index is 12.3. The van der Waals surface area contributed by atoms with Gasteiger partial charge in [0.15, 0.2) is 0 Å². The number of nitrogens with one attached hydrogen (secondary N) is 2. The zero-order chi connectivity index (χ0) is 22.0. The Morgan fingerprint density at radius 3 is 2.38 bits per heavy atom. The van der Waals surface area contributed by atoms with E-state index in [1.807, 2.05) is 89.6 Å². The van der Waals surface area contributed by atoms with Crippen LogP contribution in [0.4, 0.5) is 0 Å². The molecule has 0 aliphatic rings. The van der Waals surface area contributed by atoms with Crippen molar-refractivity contribution >= 4 is 5.91 Å². The Morgan fingerprint density at radius 2 is 1.66 bits per heavy atom. The minimum Gasteiger partial charge on any atom is -0.489 e. The summed E-state index contributed by atoms with van der Waals surface area (Å²) in [6.07, 6.45) is 5.32. The largest absolute Gasteiger partial charge is 0.489 e. The Labute approximate surface area is 187 Å². The Kier molecular flexibility index (Phi) is 7.29. The van der Waals surface area contributed by atoms with Crippen LogP contribution in [-0.4, -0.2) is 28.5 Å². The van der Waals surface area contributed by atoms with Gasteiger partial charge in [0.25, 0.3) is 5.91 Å². The van der Waals surface area contributed by atoms with E-state index in [0.29, 0.717) is 25.3 Å². The third-order valence-corrected chi connectivity index (χ3v) is 5.02. The summed E-state index contributed by atoms with van der Waals surface area (Å²) >= 11 is 0. The van der Waals surface area contributed by atoms with Gasteiger partial charge in [-0.05, 0) is 47.5 Å². The molecule has 6 heteroatoms. The molecule has 3 aromatic carbocycles. The minimum atomic E-state index is -0.0797. The molecule has 0 atom stereocenters. The van der Waals surface area contributed by atoms with Gasteiger partial charge < -0.3 is 19.9 Å². The summed E-state index contributed by atoms with van der Waals surface area (Å²) in [7, 11) is 0. The van der Waals surface area contributed by atoms with Crippen molar-refractivity contribution in [3.8, 4) is 11.4 Å². The van der Waals surface area contributed by atoms with Crippen molar-refractivity contribution in [3.05, 3.63) is 114 Å². The predicted octanol–water partition coefficient (Wildman–Crippen LogP) is 3.97. The average Bonchev–Trinajstić information content (AvgIpc) is 3.39. The molecule has 0 bridgehead atoms. The molecule has 0 aliphatic heterocycles. The van der Waals surface area contributed by atoms with Gasteiger partial charge in [0.05, 0.1) is 6.33 Å². The van der Waals surface area contributed by atoms with E-state index in [0.717, 1.165) is 23.5 Å². The van der Waals surface area contributed by atoms with Gasteiger partial charge in [-0.1, -0.05) is 42.5 Å². The molecule has 1 heterocycles. The van der Waals surface area contributed by atoms with Crippen LogP contribution >= 0.6 is 0 Å². The van der Waals surface area contributed by atoms with E-state index in [4.69, 9.17) is 4.74 Å². The summed E-state index contributed by atoms with van der Waals surface area (Å²) in [5.74, 6) is 0.771. The Balaban J connectivity index is 1.14. The first kappa shape index (κ1) is 21.3. The van der Waals surface area contributed by atoms with Gasteiger partial charge in [-0.15, -0.1) is 0 Å². The number of carbonyl (C=O) groups is 1. The summed E-state index contributed by atoms with van der Waals surface area (Å²) in [4.78, 5) is 16.3. The van der Waals surface area contributed by atoms with Crippen molar-refractivity contribution in [3.63, 3.8) is 0 Å². The molecule has 0 unspecified atom stereocenters. The van der Waals surface area contributed by atoms with Crippen LogP contribution in [0.5, 0.6) is 5.75 Å². The first-order chi connectivity index (χ1) is 15.8. The molecule has 32 heavy (non-hydrogen) atoms. The normalized spacial score (nSPS) is 10.6. The number of aromatic nitrogens is 2. The highest BCUT2D eigenvalue weighted by molar-refractivity contribution is 5.94. The highest BCUT2D eigenvalue weighted by Crippen LogP contribution is 2.14. The van der Waals surface area contributed by atoms with Gasteiger partial charge >= 0.3 is 0 Å². The number of nitrogens with zero attached hydrogens (tertiary/aromatic N) is 2. The second-order valence-electron chi connectivity index (χ2n) is 7.37. The molecule has 0 saturated heterocycles. The number of benzene rings is 3. The van der Waals surface area contributed by atoms with Crippen molar-refractivity contribution < 1.29 is 9.53 Å². The van der Waals surface area contributed by atoms with Crippen molar-refractivity contribution in [2.24, 2.45) is 0 Å². The van der Waals surface area contributed by atoms with E-state index >= 15 is 0 Å². The van der Waals surface area contributed by atoms with Gasteiger partial charge in [-0.2, -0.15) is 0 Å². The lowest BCUT2D eigenvalue weighted by Gasteiger charge is -2.09. The Hall–Kier alpha value is -3.90. The predicted molar refractivity (Wildman–Crippen MR) is 125 cm³/mol. The maximum atomic E-state index is 12.3. The lowest BCUT2D eigenvalue weighted by atomic mass is 10.2. The molecule has 0 fully saturated rings. The summed E-state index contributed by atoms with van der Waals surface area (Å²) < 4.78 is 7.71. The van der Waals surface area contributed by atoms with E-state index in [1.54, 1.807) is 12.5 Å². The number of ether oxygens (including phenoxy) is 1. The molecule has 4 aromatic rings. The topological polar surface area (TPSA) is 68.2 Å². The fraction of sp³-hybridized carbons (Fsp3) is 0.154. The molecular weight excluding hydrogens is 400 g/mol. The van der Waals surface area contributed by atoms with Crippen molar-refractivity contribution in [2.75, 3.05) is 13.1 Å². The van der Waals surface area contributed by atoms with Crippen molar-refractivity contribution in [2.45, 2.75) is 13.2 Å². The van der Waals surface area contributed by atoms with Crippen molar-refractivity contribution in [1.29, 1.82) is 0 Å². The molecule has 6 nitrogen and oxygen atoms in total. The molecule has 162 valence electrons. The summed E-state index contributed by atoms with van der Waals surface area (Å²) in [5.41, 5.74) is 3.92. The van der Waals surface area contributed by atoms with Gasteiger partial charge in [0, 0.05) is 43.3 Å². The molecule has 2 N–H and O–H groups in total. The van der Waals surface area contributed by atoms with E-state index in [-0.39, 0.29) is 5.91 Å². The highest BCUT2D eigenvalue weighted by Gasteiger charge is 2.05. The molecule has 0 spiro atoms. The summed E-state index contributed by atoms with van der Waals surface area (Å²) in [5, 5.41) is 6.29. The van der Waals surface area contributed by atoms with Crippen LogP contribution in [-0.2, 0) is 13.2 Å². The van der Waals surface area contributed by atoms with Crippen LogP contribution in [0, 0.1) is 0 Å². The first-order valence-corrected chi connectivity index (χ1v) is 10.6. The smallest absolute Gasteiger partial charge is 0.251 e. The number of hydrogen-bond acceptors (Lipinski definition) is 4. The zero-order valence-electron chi connectivity index (χ0n) is 17.8. The Bertz CT molecular complexity index is 1090. The van der Waals surface area contributed by atoms with Gasteiger partial charge in [-0.25, -0.2) is 4.98 Å². The monoisotopic (exact) mass is 426 g/mol. The molecule has 0 radical (unpaired) electrons. The SMILES string of the molecule is O=C(NCCNCc1ccc(OCc2ccccc2)cc1)c1ccc(-n2ccnc2)cc1. The number of imidazole rings is 1. The van der Waals surface area contributed by atoms with Crippen LogP contribution in [0.2, 0.25) is 0 Å². The number of amides is 1. The minimum absolute atomic E-state index is 0.0797. The van der Waals surface area contributed by atoms with Crippen LogP contribution in [0.15, 0.2) is 97.6 Å². The van der Waals surface area contributed by atoms with Crippen LogP contribution < -0.4 is 15.4 Å². The van der Waals surface area contributed by atoms with Crippen molar-refractivity contribution in [1.82, 2.24) is 20.2 Å². The average molecular weight is 427 g/mol. The number of carbonyl (C=O) groups excluding carboxylic acids is 1. The second-order valence-corrected chi connectivity index (χ2v) is 7.37. The highest BCUT2D eigenvalue weighted by atomic mass is 16.5.